The van der Waals surface area contributed by atoms with Crippen molar-refractivity contribution < 1.29 is 9.50 Å². The van der Waals surface area contributed by atoms with E-state index < -0.39 is 5.60 Å². The molecule has 90 valence electrons. The normalized spacial score (nSPS) is 15.1. The molecule has 0 aromatic heterocycles. The fourth-order valence-electron chi connectivity index (χ4n) is 1.06. The molecule has 1 rings (SSSR count). The topological polar surface area (TPSA) is 46.2 Å². The Bertz CT molecular complexity index is 346. The van der Waals surface area contributed by atoms with E-state index in [1.54, 1.807) is 13.0 Å². The first kappa shape index (κ1) is 13.3. The fraction of sp³-hybridized carbons (Fsp3) is 0.500. The second-order valence-corrected chi connectivity index (χ2v) is 5.57. The third kappa shape index (κ3) is 3.68. The van der Waals surface area contributed by atoms with Crippen LogP contribution in [-0.4, -0.2) is 16.5 Å². The third-order valence-electron chi connectivity index (χ3n) is 2.67. The lowest BCUT2D eigenvalue weighted by Gasteiger charge is -2.27. The van der Waals surface area contributed by atoms with Crippen LogP contribution in [0.3, 0.4) is 0 Å². The molecule has 0 aliphatic heterocycles. The van der Waals surface area contributed by atoms with Crippen LogP contribution in [-0.2, 0) is 0 Å². The van der Waals surface area contributed by atoms with Crippen molar-refractivity contribution in [1.82, 2.24) is 0 Å². The van der Waals surface area contributed by atoms with E-state index in [4.69, 9.17) is 5.73 Å². The number of benzene rings is 1. The standard InChI is InChI=1S/C12H18FNOS/c1-8(2)12(3,15)7-16-11-5-9(13)4-10(14)6-11/h4-6,8,15H,7,14H2,1-3H3. The maximum atomic E-state index is 13.1. The van der Waals surface area contributed by atoms with Crippen molar-refractivity contribution in [2.75, 3.05) is 11.5 Å². The minimum absolute atomic E-state index is 0.158. The van der Waals surface area contributed by atoms with Gasteiger partial charge in [-0.05, 0) is 31.0 Å². The second-order valence-electron chi connectivity index (χ2n) is 4.52. The Morgan fingerprint density at radius 1 is 1.44 bits per heavy atom. The monoisotopic (exact) mass is 243 g/mol. The molecule has 4 heteroatoms. The van der Waals surface area contributed by atoms with Crippen molar-refractivity contribution in [3.8, 4) is 0 Å². The van der Waals surface area contributed by atoms with Crippen LogP contribution in [0.4, 0.5) is 10.1 Å². The lowest BCUT2D eigenvalue weighted by Crippen LogP contribution is -2.33. The highest BCUT2D eigenvalue weighted by atomic mass is 32.2. The average Bonchev–Trinajstić information content (AvgIpc) is 2.13. The van der Waals surface area contributed by atoms with Gasteiger partial charge in [-0.1, -0.05) is 13.8 Å². The number of aliphatic hydroxyl groups is 1. The summed E-state index contributed by atoms with van der Waals surface area (Å²) in [6, 6.07) is 4.42. The second kappa shape index (κ2) is 5.06. The molecule has 3 N–H and O–H groups in total. The predicted octanol–water partition coefficient (Wildman–Crippen LogP) is 2.91. The van der Waals surface area contributed by atoms with Crippen LogP contribution in [0, 0.1) is 11.7 Å². The van der Waals surface area contributed by atoms with Crippen LogP contribution < -0.4 is 5.73 Å². The largest absolute Gasteiger partial charge is 0.399 e. The molecule has 0 fully saturated rings. The molecule has 1 unspecified atom stereocenters. The van der Waals surface area contributed by atoms with Gasteiger partial charge >= 0.3 is 0 Å². The van der Waals surface area contributed by atoms with Crippen LogP contribution in [0.5, 0.6) is 0 Å². The van der Waals surface area contributed by atoms with E-state index in [1.165, 1.54) is 23.9 Å². The van der Waals surface area contributed by atoms with Gasteiger partial charge in [0, 0.05) is 16.3 Å². The summed E-state index contributed by atoms with van der Waals surface area (Å²) in [5.41, 5.74) is 5.19. The number of thioether (sulfide) groups is 1. The number of rotatable bonds is 4. The Kier molecular flexibility index (Phi) is 4.21. The van der Waals surface area contributed by atoms with Crippen molar-refractivity contribution in [3.05, 3.63) is 24.0 Å². The van der Waals surface area contributed by atoms with E-state index in [2.05, 4.69) is 0 Å². The van der Waals surface area contributed by atoms with Crippen molar-refractivity contribution in [3.63, 3.8) is 0 Å². The van der Waals surface area contributed by atoms with E-state index in [-0.39, 0.29) is 11.7 Å². The van der Waals surface area contributed by atoms with Crippen LogP contribution in [0.15, 0.2) is 23.1 Å². The molecule has 0 heterocycles. The zero-order valence-corrected chi connectivity index (χ0v) is 10.6. The van der Waals surface area contributed by atoms with Gasteiger partial charge in [0.1, 0.15) is 5.82 Å². The molecule has 0 radical (unpaired) electrons. The number of nitrogen functional groups attached to an aromatic ring is 1. The first-order valence-electron chi connectivity index (χ1n) is 5.22. The Balaban J connectivity index is 2.68. The molecule has 0 aliphatic rings. The van der Waals surface area contributed by atoms with Gasteiger partial charge in [-0.3, -0.25) is 0 Å². The molecule has 1 aromatic carbocycles. The van der Waals surface area contributed by atoms with Crippen molar-refractivity contribution in [2.45, 2.75) is 31.3 Å². The molecule has 2 nitrogen and oxygen atoms in total. The SMILES string of the molecule is CC(C)C(C)(O)CSc1cc(N)cc(F)c1. The number of hydrogen-bond acceptors (Lipinski definition) is 3. The van der Waals surface area contributed by atoms with Crippen LogP contribution in [0.25, 0.3) is 0 Å². The van der Waals surface area contributed by atoms with Crippen molar-refractivity contribution >= 4 is 17.4 Å². The van der Waals surface area contributed by atoms with Gasteiger partial charge in [-0.2, -0.15) is 0 Å². The Morgan fingerprint density at radius 2 is 2.06 bits per heavy atom. The fourth-order valence-corrected chi connectivity index (χ4v) is 2.27. The van der Waals surface area contributed by atoms with E-state index in [9.17, 15) is 9.50 Å². The summed E-state index contributed by atoms with van der Waals surface area (Å²) < 4.78 is 13.1. The zero-order valence-electron chi connectivity index (χ0n) is 9.83. The number of anilines is 1. The van der Waals surface area contributed by atoms with Crippen molar-refractivity contribution in [2.24, 2.45) is 5.92 Å². The molecule has 1 atom stereocenters. The summed E-state index contributed by atoms with van der Waals surface area (Å²) in [6.45, 7) is 5.70. The van der Waals surface area contributed by atoms with E-state index >= 15 is 0 Å². The Morgan fingerprint density at radius 3 is 2.56 bits per heavy atom. The van der Waals surface area contributed by atoms with Crippen LogP contribution >= 0.6 is 11.8 Å². The minimum atomic E-state index is -0.758. The highest BCUT2D eigenvalue weighted by Gasteiger charge is 2.24. The Hall–Kier alpha value is -0.740. The third-order valence-corrected chi connectivity index (χ3v) is 3.97. The lowest BCUT2D eigenvalue weighted by molar-refractivity contribution is 0.0376. The molecule has 16 heavy (non-hydrogen) atoms. The molecular weight excluding hydrogens is 225 g/mol. The molecule has 0 bridgehead atoms. The number of nitrogens with two attached hydrogens (primary N) is 1. The molecule has 0 saturated carbocycles. The molecular formula is C12H18FNOS. The van der Waals surface area contributed by atoms with Crippen LogP contribution in [0.2, 0.25) is 0 Å². The average molecular weight is 243 g/mol. The van der Waals surface area contributed by atoms with E-state index in [0.29, 0.717) is 11.4 Å². The maximum absolute atomic E-state index is 13.1. The summed E-state index contributed by atoms with van der Waals surface area (Å²) in [5.74, 6) is 0.339. The summed E-state index contributed by atoms with van der Waals surface area (Å²) >= 11 is 1.41. The molecule has 0 spiro atoms. The Labute approximate surface area is 100 Å². The van der Waals surface area contributed by atoms with Gasteiger partial charge < -0.3 is 10.8 Å². The first-order chi connectivity index (χ1) is 7.31. The van der Waals surface area contributed by atoms with Gasteiger partial charge in [0.25, 0.3) is 0 Å². The first-order valence-corrected chi connectivity index (χ1v) is 6.21. The predicted molar refractivity (Wildman–Crippen MR) is 67.0 cm³/mol. The van der Waals surface area contributed by atoms with Gasteiger partial charge in [0.2, 0.25) is 0 Å². The summed E-state index contributed by atoms with van der Waals surface area (Å²) in [6.07, 6.45) is 0. The molecule has 0 amide bonds. The van der Waals surface area contributed by atoms with E-state index in [0.717, 1.165) is 4.90 Å². The van der Waals surface area contributed by atoms with E-state index in [1.807, 2.05) is 13.8 Å². The summed E-state index contributed by atoms with van der Waals surface area (Å²) in [7, 11) is 0. The van der Waals surface area contributed by atoms with Crippen molar-refractivity contribution in [1.29, 1.82) is 0 Å². The zero-order chi connectivity index (χ0) is 12.3. The smallest absolute Gasteiger partial charge is 0.126 e. The maximum Gasteiger partial charge on any atom is 0.126 e. The summed E-state index contributed by atoms with van der Waals surface area (Å²) in [4.78, 5) is 0.749. The molecule has 0 saturated heterocycles. The number of halogens is 1. The quantitative estimate of drug-likeness (QED) is 0.631. The molecule has 1 aromatic rings. The minimum Gasteiger partial charge on any atom is -0.399 e. The highest BCUT2D eigenvalue weighted by molar-refractivity contribution is 7.99. The van der Waals surface area contributed by atoms with Gasteiger partial charge in [-0.25, -0.2) is 4.39 Å². The lowest BCUT2D eigenvalue weighted by atomic mass is 9.95. The van der Waals surface area contributed by atoms with Crippen LogP contribution in [0.1, 0.15) is 20.8 Å². The number of hydrogen-bond donors (Lipinski definition) is 2. The summed E-state index contributed by atoms with van der Waals surface area (Å²) in [5, 5.41) is 10.0. The van der Waals surface area contributed by atoms with Gasteiger partial charge in [0.05, 0.1) is 5.60 Å². The van der Waals surface area contributed by atoms with Gasteiger partial charge in [0.15, 0.2) is 0 Å². The highest BCUT2D eigenvalue weighted by Crippen LogP contribution is 2.28. The van der Waals surface area contributed by atoms with Gasteiger partial charge in [-0.15, -0.1) is 11.8 Å². The molecule has 0 aliphatic carbocycles.